The first kappa shape index (κ1) is 18.0. The molecule has 6 heteroatoms. The van der Waals surface area contributed by atoms with E-state index in [9.17, 15) is 13.2 Å². The molecule has 1 amide bonds. The lowest BCUT2D eigenvalue weighted by atomic mass is 10.1. The maximum absolute atomic E-state index is 12.8. The number of thioether (sulfide) groups is 1. The Morgan fingerprint density at radius 3 is 2.60 bits per heavy atom. The number of anilines is 1. The van der Waals surface area contributed by atoms with Crippen molar-refractivity contribution in [1.82, 2.24) is 0 Å². The summed E-state index contributed by atoms with van der Waals surface area (Å²) in [5.74, 6) is 0.254. The van der Waals surface area contributed by atoms with Crippen LogP contribution in [0.5, 0.6) is 0 Å². The summed E-state index contributed by atoms with van der Waals surface area (Å²) in [7, 11) is -2.93. The van der Waals surface area contributed by atoms with Crippen molar-refractivity contribution in [3.63, 3.8) is 0 Å². The van der Waals surface area contributed by atoms with Gasteiger partial charge < -0.3 is 5.32 Å². The fourth-order valence-electron chi connectivity index (χ4n) is 2.87. The van der Waals surface area contributed by atoms with Crippen LogP contribution in [-0.4, -0.2) is 31.1 Å². The quantitative estimate of drug-likeness (QED) is 0.882. The molecule has 25 heavy (non-hydrogen) atoms. The summed E-state index contributed by atoms with van der Waals surface area (Å²) < 4.78 is 23.3. The number of rotatable bonds is 4. The maximum atomic E-state index is 12.8. The highest BCUT2D eigenvalue weighted by Crippen LogP contribution is 2.33. The first-order valence-corrected chi connectivity index (χ1v) is 10.9. The predicted octanol–water partition coefficient (Wildman–Crippen LogP) is 3.83. The molecule has 0 aliphatic carbocycles. The lowest BCUT2D eigenvalue weighted by molar-refractivity contribution is 0.102. The molecule has 1 aliphatic rings. The molecular weight excluding hydrogens is 354 g/mol. The number of aryl methyl sites for hydroxylation is 1. The number of hydrogen-bond acceptors (Lipinski definition) is 4. The van der Waals surface area contributed by atoms with Gasteiger partial charge in [0.05, 0.1) is 17.1 Å². The highest BCUT2D eigenvalue weighted by molar-refractivity contribution is 8.02. The van der Waals surface area contributed by atoms with E-state index in [1.807, 2.05) is 50.2 Å². The Bertz CT molecular complexity index is 907. The lowest BCUT2D eigenvalue weighted by Crippen LogP contribution is -2.15. The molecule has 2 aromatic rings. The van der Waals surface area contributed by atoms with Gasteiger partial charge in [-0.2, -0.15) is 0 Å². The van der Waals surface area contributed by atoms with E-state index in [0.29, 0.717) is 12.0 Å². The van der Waals surface area contributed by atoms with Crippen molar-refractivity contribution in [2.45, 2.75) is 30.4 Å². The largest absolute Gasteiger partial charge is 0.322 e. The van der Waals surface area contributed by atoms with E-state index in [0.717, 1.165) is 21.7 Å². The second kappa shape index (κ2) is 7.22. The van der Waals surface area contributed by atoms with Gasteiger partial charge in [0, 0.05) is 15.8 Å². The molecule has 1 heterocycles. The number of benzene rings is 2. The molecule has 0 unspecified atom stereocenters. The Morgan fingerprint density at radius 2 is 1.88 bits per heavy atom. The third-order valence-electron chi connectivity index (χ3n) is 4.47. The van der Waals surface area contributed by atoms with Crippen molar-refractivity contribution in [2.24, 2.45) is 0 Å². The van der Waals surface area contributed by atoms with E-state index in [1.165, 1.54) is 11.8 Å². The van der Waals surface area contributed by atoms with E-state index in [1.54, 1.807) is 6.07 Å². The molecular formula is C19H21NO3S2. The fourth-order valence-corrected chi connectivity index (χ4v) is 6.49. The molecule has 0 bridgehead atoms. The van der Waals surface area contributed by atoms with E-state index in [2.05, 4.69) is 5.32 Å². The molecule has 0 aromatic heterocycles. The topological polar surface area (TPSA) is 63.2 Å². The maximum Gasteiger partial charge on any atom is 0.256 e. The third kappa shape index (κ3) is 4.25. The summed E-state index contributed by atoms with van der Waals surface area (Å²) in [5.41, 5.74) is 3.55. The molecule has 2 aromatic carbocycles. The molecule has 0 spiro atoms. The normalized spacial score (nSPS) is 18.9. The molecule has 1 atom stereocenters. The van der Waals surface area contributed by atoms with Crippen LogP contribution in [0.25, 0.3) is 0 Å². The van der Waals surface area contributed by atoms with Gasteiger partial charge in [0.1, 0.15) is 0 Å². The Morgan fingerprint density at radius 1 is 1.12 bits per heavy atom. The summed E-state index contributed by atoms with van der Waals surface area (Å²) in [6.45, 7) is 3.99. The summed E-state index contributed by atoms with van der Waals surface area (Å²) in [5, 5.41) is 2.99. The van der Waals surface area contributed by atoms with Crippen molar-refractivity contribution in [1.29, 1.82) is 0 Å². The number of nitrogens with one attached hydrogen (secondary N) is 1. The summed E-state index contributed by atoms with van der Waals surface area (Å²) in [4.78, 5) is 13.6. The van der Waals surface area contributed by atoms with Crippen LogP contribution in [0, 0.1) is 13.8 Å². The molecule has 1 aliphatic heterocycles. The number of carbonyl (C=O) groups excluding carboxylic acids is 1. The van der Waals surface area contributed by atoms with Crippen LogP contribution in [0.15, 0.2) is 47.4 Å². The molecule has 0 saturated carbocycles. The van der Waals surface area contributed by atoms with Crippen LogP contribution in [0.3, 0.4) is 0 Å². The van der Waals surface area contributed by atoms with Crippen LogP contribution in [0.1, 0.15) is 27.9 Å². The van der Waals surface area contributed by atoms with Gasteiger partial charge >= 0.3 is 0 Å². The first-order valence-electron chi connectivity index (χ1n) is 8.19. The molecule has 1 fully saturated rings. The van der Waals surface area contributed by atoms with Gasteiger partial charge in [0.15, 0.2) is 9.84 Å². The van der Waals surface area contributed by atoms with Gasteiger partial charge in [0.25, 0.3) is 5.91 Å². The van der Waals surface area contributed by atoms with Gasteiger partial charge in [-0.1, -0.05) is 24.3 Å². The zero-order chi connectivity index (χ0) is 18.0. The highest BCUT2D eigenvalue weighted by Gasteiger charge is 2.29. The SMILES string of the molecule is Cc1cccc(NC(=O)c2ccccc2S[C@H]2CCS(=O)(=O)C2)c1C. The van der Waals surface area contributed by atoms with Crippen molar-refractivity contribution in [2.75, 3.05) is 16.8 Å². The minimum Gasteiger partial charge on any atom is -0.322 e. The van der Waals surface area contributed by atoms with E-state index in [-0.39, 0.29) is 22.7 Å². The average molecular weight is 376 g/mol. The number of sulfone groups is 1. The van der Waals surface area contributed by atoms with Gasteiger partial charge in [0.2, 0.25) is 0 Å². The molecule has 1 N–H and O–H groups in total. The Kier molecular flexibility index (Phi) is 5.20. The minimum atomic E-state index is -2.93. The van der Waals surface area contributed by atoms with Crippen molar-refractivity contribution >= 4 is 33.2 Å². The van der Waals surface area contributed by atoms with Crippen LogP contribution in [0.2, 0.25) is 0 Å². The van der Waals surface area contributed by atoms with Gasteiger partial charge in [-0.3, -0.25) is 4.79 Å². The Hall–Kier alpha value is -1.79. The lowest BCUT2D eigenvalue weighted by Gasteiger charge is -2.14. The first-order chi connectivity index (χ1) is 11.9. The number of carbonyl (C=O) groups is 1. The van der Waals surface area contributed by atoms with Crippen molar-refractivity contribution < 1.29 is 13.2 Å². The third-order valence-corrected chi connectivity index (χ3v) is 7.79. The smallest absolute Gasteiger partial charge is 0.256 e. The summed E-state index contributed by atoms with van der Waals surface area (Å²) >= 11 is 1.49. The highest BCUT2D eigenvalue weighted by atomic mass is 32.2. The molecule has 1 saturated heterocycles. The second-order valence-electron chi connectivity index (χ2n) is 6.34. The van der Waals surface area contributed by atoms with E-state index in [4.69, 9.17) is 0 Å². The standard InChI is InChI=1S/C19H21NO3S2/c1-13-6-5-8-17(14(13)2)20-19(21)16-7-3-4-9-18(16)24-15-10-11-25(22,23)12-15/h3-9,15H,10-12H2,1-2H3,(H,20,21)/t15-/m0/s1. The molecule has 4 nitrogen and oxygen atoms in total. The zero-order valence-corrected chi connectivity index (χ0v) is 15.9. The van der Waals surface area contributed by atoms with Crippen LogP contribution in [0.4, 0.5) is 5.69 Å². The molecule has 3 rings (SSSR count). The molecule has 132 valence electrons. The van der Waals surface area contributed by atoms with Crippen molar-refractivity contribution in [3.05, 3.63) is 59.2 Å². The molecule has 0 radical (unpaired) electrons. The van der Waals surface area contributed by atoms with Gasteiger partial charge in [-0.15, -0.1) is 11.8 Å². The second-order valence-corrected chi connectivity index (χ2v) is 9.91. The van der Waals surface area contributed by atoms with Crippen LogP contribution in [-0.2, 0) is 9.84 Å². The van der Waals surface area contributed by atoms with Crippen LogP contribution >= 0.6 is 11.8 Å². The van der Waals surface area contributed by atoms with E-state index >= 15 is 0 Å². The Labute approximate surface area is 152 Å². The fraction of sp³-hybridized carbons (Fsp3) is 0.316. The van der Waals surface area contributed by atoms with Gasteiger partial charge in [-0.05, 0) is 49.6 Å². The van der Waals surface area contributed by atoms with Crippen molar-refractivity contribution in [3.8, 4) is 0 Å². The zero-order valence-electron chi connectivity index (χ0n) is 14.3. The number of amides is 1. The summed E-state index contributed by atoms with van der Waals surface area (Å²) in [6, 6.07) is 13.2. The monoisotopic (exact) mass is 375 g/mol. The minimum absolute atomic E-state index is 0.0136. The van der Waals surface area contributed by atoms with Crippen LogP contribution < -0.4 is 5.32 Å². The van der Waals surface area contributed by atoms with E-state index < -0.39 is 9.84 Å². The summed E-state index contributed by atoms with van der Waals surface area (Å²) in [6.07, 6.45) is 0.639. The van der Waals surface area contributed by atoms with Gasteiger partial charge in [-0.25, -0.2) is 8.42 Å². The Balaban J connectivity index is 1.80. The number of hydrogen-bond donors (Lipinski definition) is 1. The average Bonchev–Trinajstić information content (AvgIpc) is 2.91. The predicted molar refractivity (Wildman–Crippen MR) is 103 cm³/mol.